The number of nitrogens with one attached hydrogen (secondary N) is 1. The Balaban J connectivity index is 1.56. The van der Waals surface area contributed by atoms with Gasteiger partial charge in [-0.25, -0.2) is 0 Å². The molecule has 2 aromatic carbocycles. The molecule has 6 nitrogen and oxygen atoms in total. The van der Waals surface area contributed by atoms with E-state index >= 15 is 0 Å². The first-order valence-corrected chi connectivity index (χ1v) is 8.18. The van der Waals surface area contributed by atoms with Crippen molar-refractivity contribution in [3.05, 3.63) is 77.6 Å². The molecule has 0 spiro atoms. The maximum absolute atomic E-state index is 12.7. The lowest BCUT2D eigenvalue weighted by Gasteiger charge is -2.26. The average molecular weight is 345 g/mol. The fraction of sp³-hybridized carbons (Fsp3) is 0.100. The van der Waals surface area contributed by atoms with E-state index in [9.17, 15) is 14.4 Å². The first-order chi connectivity index (χ1) is 12.6. The SMILES string of the molecule is O=C(CN1C(=O)c2cccc3cccc(c23)C1=O)NCc1ccncc1. The Hall–Kier alpha value is -3.54. The Bertz CT molecular complexity index is 980. The Labute approximate surface area is 149 Å². The second kappa shape index (κ2) is 6.40. The van der Waals surface area contributed by atoms with Gasteiger partial charge < -0.3 is 5.32 Å². The van der Waals surface area contributed by atoms with Crippen LogP contribution < -0.4 is 5.32 Å². The van der Waals surface area contributed by atoms with Crippen LogP contribution in [0.4, 0.5) is 0 Å². The zero-order chi connectivity index (χ0) is 18.1. The van der Waals surface area contributed by atoms with Crippen molar-refractivity contribution in [2.45, 2.75) is 6.54 Å². The fourth-order valence-corrected chi connectivity index (χ4v) is 3.12. The van der Waals surface area contributed by atoms with Crippen molar-refractivity contribution in [2.75, 3.05) is 6.54 Å². The highest BCUT2D eigenvalue weighted by Crippen LogP contribution is 2.29. The smallest absolute Gasteiger partial charge is 0.261 e. The Kier molecular flexibility index (Phi) is 3.93. The largest absolute Gasteiger partial charge is 0.350 e. The van der Waals surface area contributed by atoms with E-state index in [0.717, 1.165) is 15.8 Å². The number of imide groups is 1. The third-order valence-corrected chi connectivity index (χ3v) is 4.40. The summed E-state index contributed by atoms with van der Waals surface area (Å²) in [5.41, 5.74) is 1.78. The predicted octanol–water partition coefficient (Wildman–Crippen LogP) is 2.15. The molecule has 0 saturated heterocycles. The van der Waals surface area contributed by atoms with Crippen LogP contribution in [0.15, 0.2) is 60.9 Å². The third-order valence-electron chi connectivity index (χ3n) is 4.40. The summed E-state index contributed by atoms with van der Waals surface area (Å²) in [7, 11) is 0. The van der Waals surface area contributed by atoms with E-state index in [-0.39, 0.29) is 6.54 Å². The van der Waals surface area contributed by atoms with Crippen molar-refractivity contribution in [2.24, 2.45) is 0 Å². The molecule has 0 radical (unpaired) electrons. The van der Waals surface area contributed by atoms with Crippen LogP contribution in [-0.2, 0) is 11.3 Å². The number of rotatable bonds is 4. The van der Waals surface area contributed by atoms with Crippen LogP contribution in [-0.4, -0.2) is 34.2 Å². The quantitative estimate of drug-likeness (QED) is 0.735. The number of aromatic nitrogens is 1. The van der Waals surface area contributed by atoms with Crippen LogP contribution in [0, 0.1) is 0 Å². The molecule has 3 amide bonds. The van der Waals surface area contributed by atoms with Gasteiger partial charge in [-0.2, -0.15) is 0 Å². The number of hydrogen-bond acceptors (Lipinski definition) is 4. The first-order valence-electron chi connectivity index (χ1n) is 8.18. The summed E-state index contributed by atoms with van der Waals surface area (Å²) < 4.78 is 0. The second-order valence-electron chi connectivity index (χ2n) is 6.04. The molecule has 0 unspecified atom stereocenters. The van der Waals surface area contributed by atoms with Gasteiger partial charge in [-0.1, -0.05) is 24.3 Å². The van der Waals surface area contributed by atoms with E-state index in [2.05, 4.69) is 10.3 Å². The number of benzene rings is 2. The fourth-order valence-electron chi connectivity index (χ4n) is 3.12. The second-order valence-corrected chi connectivity index (χ2v) is 6.04. The Morgan fingerprint density at radius 1 is 0.923 bits per heavy atom. The molecule has 128 valence electrons. The van der Waals surface area contributed by atoms with Crippen molar-refractivity contribution in [1.82, 2.24) is 15.2 Å². The number of pyridine rings is 1. The molecule has 2 heterocycles. The van der Waals surface area contributed by atoms with Gasteiger partial charge in [-0.3, -0.25) is 24.3 Å². The summed E-state index contributed by atoms with van der Waals surface area (Å²) in [6, 6.07) is 14.2. The van der Waals surface area contributed by atoms with Crippen LogP contribution in [0.2, 0.25) is 0 Å². The van der Waals surface area contributed by atoms with E-state index in [1.807, 2.05) is 12.1 Å². The molecule has 0 bridgehead atoms. The van der Waals surface area contributed by atoms with Crippen LogP contribution in [0.5, 0.6) is 0 Å². The Morgan fingerprint density at radius 2 is 1.54 bits per heavy atom. The van der Waals surface area contributed by atoms with Gasteiger partial charge in [0.2, 0.25) is 5.91 Å². The van der Waals surface area contributed by atoms with Gasteiger partial charge in [-0.15, -0.1) is 0 Å². The zero-order valence-corrected chi connectivity index (χ0v) is 13.8. The van der Waals surface area contributed by atoms with Crippen LogP contribution in [0.25, 0.3) is 10.8 Å². The predicted molar refractivity (Wildman–Crippen MR) is 95.4 cm³/mol. The van der Waals surface area contributed by atoms with Gasteiger partial charge in [0.15, 0.2) is 0 Å². The number of nitrogens with zero attached hydrogens (tertiary/aromatic N) is 2. The number of carbonyl (C=O) groups is 3. The average Bonchev–Trinajstić information content (AvgIpc) is 2.68. The number of amides is 3. The van der Waals surface area contributed by atoms with Gasteiger partial charge in [0, 0.05) is 35.5 Å². The molecule has 0 fully saturated rings. The van der Waals surface area contributed by atoms with Gasteiger partial charge in [0.05, 0.1) is 0 Å². The monoisotopic (exact) mass is 345 g/mol. The molecule has 6 heteroatoms. The van der Waals surface area contributed by atoms with E-state index in [1.54, 1.807) is 48.8 Å². The standard InChI is InChI=1S/C20H15N3O3/c24-17(22-11-13-7-9-21-10-8-13)12-23-19(25)15-5-1-3-14-4-2-6-16(18(14)15)20(23)26/h1-10H,11-12H2,(H,22,24). The lowest BCUT2D eigenvalue weighted by Crippen LogP contribution is -2.46. The summed E-state index contributed by atoms with van der Waals surface area (Å²) in [4.78, 5) is 42.7. The molecule has 1 aromatic heterocycles. The van der Waals surface area contributed by atoms with Crippen LogP contribution in [0.3, 0.4) is 0 Å². The molecule has 0 aliphatic carbocycles. The lowest BCUT2D eigenvalue weighted by molar-refractivity contribution is -0.121. The molecular formula is C20H15N3O3. The van der Waals surface area contributed by atoms with E-state index in [0.29, 0.717) is 23.1 Å². The van der Waals surface area contributed by atoms with Crippen LogP contribution in [0.1, 0.15) is 26.3 Å². The van der Waals surface area contributed by atoms with E-state index in [4.69, 9.17) is 0 Å². The maximum Gasteiger partial charge on any atom is 0.261 e. The minimum atomic E-state index is -0.446. The number of carbonyl (C=O) groups excluding carboxylic acids is 3. The third kappa shape index (κ3) is 2.71. The molecule has 1 aliphatic heterocycles. The minimum Gasteiger partial charge on any atom is -0.350 e. The van der Waals surface area contributed by atoms with Crippen molar-refractivity contribution < 1.29 is 14.4 Å². The van der Waals surface area contributed by atoms with Crippen molar-refractivity contribution in [1.29, 1.82) is 0 Å². The molecular weight excluding hydrogens is 330 g/mol. The normalized spacial score (nSPS) is 13.2. The van der Waals surface area contributed by atoms with Crippen molar-refractivity contribution in [3.8, 4) is 0 Å². The molecule has 0 saturated carbocycles. The lowest BCUT2D eigenvalue weighted by atomic mass is 9.94. The topological polar surface area (TPSA) is 79.4 Å². The van der Waals surface area contributed by atoms with Crippen LogP contribution >= 0.6 is 0 Å². The molecule has 1 aliphatic rings. The van der Waals surface area contributed by atoms with E-state index in [1.165, 1.54) is 0 Å². The summed E-state index contributed by atoms with van der Waals surface area (Å²) in [5, 5.41) is 4.21. The highest BCUT2D eigenvalue weighted by Gasteiger charge is 2.33. The molecule has 1 N–H and O–H groups in total. The van der Waals surface area contributed by atoms with Crippen molar-refractivity contribution >= 4 is 28.5 Å². The minimum absolute atomic E-state index is 0.309. The van der Waals surface area contributed by atoms with Gasteiger partial charge in [0.1, 0.15) is 6.54 Å². The van der Waals surface area contributed by atoms with Gasteiger partial charge in [-0.05, 0) is 35.2 Å². The Morgan fingerprint density at radius 3 is 2.15 bits per heavy atom. The highest BCUT2D eigenvalue weighted by molar-refractivity contribution is 6.26. The van der Waals surface area contributed by atoms with Crippen molar-refractivity contribution in [3.63, 3.8) is 0 Å². The highest BCUT2D eigenvalue weighted by atomic mass is 16.2. The zero-order valence-electron chi connectivity index (χ0n) is 13.8. The van der Waals surface area contributed by atoms with E-state index < -0.39 is 17.7 Å². The summed E-state index contributed by atoms with van der Waals surface area (Å²) >= 11 is 0. The summed E-state index contributed by atoms with van der Waals surface area (Å²) in [6.45, 7) is -0.00276. The summed E-state index contributed by atoms with van der Waals surface area (Å²) in [5.74, 6) is -1.29. The molecule has 0 atom stereocenters. The van der Waals surface area contributed by atoms with Gasteiger partial charge >= 0.3 is 0 Å². The molecule has 4 rings (SSSR count). The number of hydrogen-bond donors (Lipinski definition) is 1. The van der Waals surface area contributed by atoms with Gasteiger partial charge in [0.25, 0.3) is 11.8 Å². The molecule has 3 aromatic rings. The molecule has 26 heavy (non-hydrogen) atoms. The maximum atomic E-state index is 12.7. The first kappa shape index (κ1) is 16.0. The summed E-state index contributed by atoms with van der Waals surface area (Å²) in [6.07, 6.45) is 3.27.